The molecule has 0 aliphatic rings. The number of hydrogen-bond donors (Lipinski definition) is 2. The molecule has 0 saturated heterocycles. The van der Waals surface area contributed by atoms with E-state index in [1.807, 2.05) is 13.8 Å². The molecule has 1 heterocycles. The van der Waals surface area contributed by atoms with Crippen molar-refractivity contribution in [2.24, 2.45) is 0 Å². The van der Waals surface area contributed by atoms with Gasteiger partial charge in [-0.1, -0.05) is 0 Å². The highest BCUT2D eigenvalue weighted by Crippen LogP contribution is 2.12. The highest BCUT2D eigenvalue weighted by molar-refractivity contribution is 5.96. The summed E-state index contributed by atoms with van der Waals surface area (Å²) in [6, 6.07) is 1.47. The zero-order chi connectivity index (χ0) is 12.0. The van der Waals surface area contributed by atoms with Crippen molar-refractivity contribution < 1.29 is 14.6 Å². The van der Waals surface area contributed by atoms with Crippen LogP contribution in [0.15, 0.2) is 18.5 Å². The van der Waals surface area contributed by atoms with Crippen LogP contribution in [0.1, 0.15) is 24.2 Å². The molecule has 0 fully saturated rings. The van der Waals surface area contributed by atoms with Crippen LogP contribution in [0.4, 0.5) is 0 Å². The highest BCUT2D eigenvalue weighted by atomic mass is 16.5. The van der Waals surface area contributed by atoms with E-state index in [1.54, 1.807) is 0 Å². The molecule has 0 spiro atoms. The number of hydrogen-bond acceptors (Lipinski definition) is 4. The van der Waals surface area contributed by atoms with E-state index >= 15 is 0 Å². The summed E-state index contributed by atoms with van der Waals surface area (Å²) in [5.74, 6) is -0.447. The molecule has 5 heteroatoms. The van der Waals surface area contributed by atoms with E-state index in [4.69, 9.17) is 4.74 Å². The Balaban J connectivity index is 2.39. The zero-order valence-electron chi connectivity index (χ0n) is 9.43. The molecular weight excluding hydrogens is 208 g/mol. The van der Waals surface area contributed by atoms with Gasteiger partial charge in [-0.25, -0.2) is 0 Å². The fourth-order valence-electron chi connectivity index (χ4n) is 1.13. The Bertz CT molecular complexity index is 353. The first-order chi connectivity index (χ1) is 7.61. The fraction of sp³-hybridized carbons (Fsp3) is 0.455. The van der Waals surface area contributed by atoms with E-state index < -0.39 is 0 Å². The summed E-state index contributed by atoms with van der Waals surface area (Å²) in [6.45, 7) is 4.72. The Hall–Kier alpha value is -1.62. The summed E-state index contributed by atoms with van der Waals surface area (Å²) in [7, 11) is 0. The van der Waals surface area contributed by atoms with Crippen molar-refractivity contribution in [3.63, 3.8) is 0 Å². The molecule has 0 radical (unpaired) electrons. The lowest BCUT2D eigenvalue weighted by molar-refractivity contribution is 0.0745. The second-order valence-electron chi connectivity index (χ2n) is 3.57. The van der Waals surface area contributed by atoms with E-state index in [1.165, 1.54) is 18.5 Å². The maximum Gasteiger partial charge on any atom is 0.255 e. The molecule has 0 saturated carbocycles. The molecule has 0 aromatic carbocycles. The predicted octanol–water partition coefficient (Wildman–Crippen LogP) is 0.942. The molecule has 1 amide bonds. The predicted molar refractivity (Wildman–Crippen MR) is 59.3 cm³/mol. The van der Waals surface area contributed by atoms with E-state index in [9.17, 15) is 9.90 Å². The SMILES string of the molecule is CC(C)OCCNC(=O)c1ccncc1O. The average molecular weight is 224 g/mol. The molecule has 88 valence electrons. The van der Waals surface area contributed by atoms with Crippen LogP contribution in [0, 0.1) is 0 Å². The number of nitrogens with one attached hydrogen (secondary N) is 1. The lowest BCUT2D eigenvalue weighted by Gasteiger charge is -2.09. The van der Waals surface area contributed by atoms with Crippen LogP contribution >= 0.6 is 0 Å². The molecule has 16 heavy (non-hydrogen) atoms. The summed E-state index contributed by atoms with van der Waals surface area (Å²) in [5.41, 5.74) is 0.222. The number of rotatable bonds is 5. The molecule has 0 aliphatic heterocycles. The molecule has 0 unspecified atom stereocenters. The lowest BCUT2D eigenvalue weighted by atomic mass is 10.2. The number of aromatic hydroxyl groups is 1. The summed E-state index contributed by atoms with van der Waals surface area (Å²) in [4.78, 5) is 15.2. The van der Waals surface area contributed by atoms with Crippen LogP contribution in [0.25, 0.3) is 0 Å². The fourth-order valence-corrected chi connectivity index (χ4v) is 1.13. The monoisotopic (exact) mass is 224 g/mol. The van der Waals surface area contributed by atoms with Crippen molar-refractivity contribution >= 4 is 5.91 Å². The largest absolute Gasteiger partial charge is 0.505 e. The number of ether oxygens (including phenoxy) is 1. The second kappa shape index (κ2) is 6.07. The van der Waals surface area contributed by atoms with Gasteiger partial charge < -0.3 is 15.2 Å². The number of carbonyl (C=O) groups is 1. The van der Waals surface area contributed by atoms with E-state index in [0.717, 1.165) is 0 Å². The van der Waals surface area contributed by atoms with Crippen LogP contribution in [0.2, 0.25) is 0 Å². The number of nitrogens with zero attached hydrogens (tertiary/aromatic N) is 1. The van der Waals surface area contributed by atoms with Crippen molar-refractivity contribution in [2.75, 3.05) is 13.2 Å². The van der Waals surface area contributed by atoms with Crippen molar-refractivity contribution in [3.05, 3.63) is 24.0 Å². The van der Waals surface area contributed by atoms with Crippen LogP contribution in [-0.4, -0.2) is 35.3 Å². The Morgan fingerprint density at radius 3 is 3.00 bits per heavy atom. The Kier molecular flexibility index (Phi) is 4.72. The van der Waals surface area contributed by atoms with E-state index in [0.29, 0.717) is 13.2 Å². The maximum atomic E-state index is 11.6. The van der Waals surface area contributed by atoms with Gasteiger partial charge in [0.25, 0.3) is 5.91 Å². The highest BCUT2D eigenvalue weighted by Gasteiger charge is 2.09. The normalized spacial score (nSPS) is 10.4. The third kappa shape index (κ3) is 3.86. The topological polar surface area (TPSA) is 71.5 Å². The van der Waals surface area contributed by atoms with Gasteiger partial charge in [-0.2, -0.15) is 0 Å². The van der Waals surface area contributed by atoms with Crippen LogP contribution in [0.5, 0.6) is 5.75 Å². The van der Waals surface area contributed by atoms with Gasteiger partial charge in [-0.3, -0.25) is 9.78 Å². The molecule has 1 aromatic heterocycles. The Morgan fingerprint density at radius 1 is 1.62 bits per heavy atom. The first-order valence-corrected chi connectivity index (χ1v) is 5.14. The Morgan fingerprint density at radius 2 is 2.38 bits per heavy atom. The molecule has 0 bridgehead atoms. The smallest absolute Gasteiger partial charge is 0.255 e. The van der Waals surface area contributed by atoms with Gasteiger partial charge in [0, 0.05) is 12.7 Å². The number of amides is 1. The van der Waals surface area contributed by atoms with Crippen LogP contribution in [-0.2, 0) is 4.74 Å². The van der Waals surface area contributed by atoms with Gasteiger partial charge in [0.05, 0.1) is 24.5 Å². The van der Waals surface area contributed by atoms with Crippen molar-refractivity contribution in [2.45, 2.75) is 20.0 Å². The van der Waals surface area contributed by atoms with Gasteiger partial charge >= 0.3 is 0 Å². The standard InChI is InChI=1S/C11H16N2O3/c1-8(2)16-6-5-13-11(15)9-3-4-12-7-10(9)14/h3-4,7-8,14H,5-6H2,1-2H3,(H,13,15). The van der Waals surface area contributed by atoms with Gasteiger partial charge in [0.15, 0.2) is 0 Å². The third-order valence-corrected chi connectivity index (χ3v) is 1.88. The van der Waals surface area contributed by atoms with Gasteiger partial charge in [-0.15, -0.1) is 0 Å². The quantitative estimate of drug-likeness (QED) is 0.730. The van der Waals surface area contributed by atoms with Crippen LogP contribution < -0.4 is 5.32 Å². The summed E-state index contributed by atoms with van der Waals surface area (Å²) >= 11 is 0. The van der Waals surface area contributed by atoms with Crippen molar-refractivity contribution in [1.82, 2.24) is 10.3 Å². The average Bonchev–Trinajstić information content (AvgIpc) is 2.24. The minimum absolute atomic E-state index is 0.121. The summed E-state index contributed by atoms with van der Waals surface area (Å²) in [5, 5.41) is 12.0. The van der Waals surface area contributed by atoms with E-state index in [-0.39, 0.29) is 23.3 Å². The van der Waals surface area contributed by atoms with Crippen molar-refractivity contribution in [3.8, 4) is 5.75 Å². The summed E-state index contributed by atoms with van der Waals surface area (Å²) < 4.78 is 5.27. The minimum Gasteiger partial charge on any atom is -0.505 e. The van der Waals surface area contributed by atoms with Gasteiger partial charge in [0.2, 0.25) is 0 Å². The first kappa shape index (κ1) is 12.4. The minimum atomic E-state index is -0.327. The van der Waals surface area contributed by atoms with Gasteiger partial charge in [0.1, 0.15) is 5.75 Å². The first-order valence-electron chi connectivity index (χ1n) is 5.14. The zero-order valence-corrected chi connectivity index (χ0v) is 9.43. The van der Waals surface area contributed by atoms with E-state index in [2.05, 4.69) is 10.3 Å². The number of pyridine rings is 1. The molecule has 5 nitrogen and oxygen atoms in total. The molecule has 0 atom stereocenters. The Labute approximate surface area is 94.5 Å². The lowest BCUT2D eigenvalue weighted by Crippen LogP contribution is -2.28. The van der Waals surface area contributed by atoms with Crippen molar-refractivity contribution in [1.29, 1.82) is 0 Å². The van der Waals surface area contributed by atoms with Gasteiger partial charge in [-0.05, 0) is 19.9 Å². The molecular formula is C11H16N2O3. The molecule has 2 N–H and O–H groups in total. The number of carbonyl (C=O) groups excluding carboxylic acids is 1. The number of aromatic nitrogens is 1. The molecule has 1 aromatic rings. The molecule has 1 rings (SSSR count). The van der Waals surface area contributed by atoms with Crippen LogP contribution in [0.3, 0.4) is 0 Å². The second-order valence-corrected chi connectivity index (χ2v) is 3.57. The summed E-state index contributed by atoms with van der Waals surface area (Å²) in [6.07, 6.45) is 2.84. The maximum absolute atomic E-state index is 11.6. The molecule has 0 aliphatic carbocycles. The third-order valence-electron chi connectivity index (χ3n) is 1.88.